The lowest BCUT2D eigenvalue weighted by molar-refractivity contribution is 0.147. The van der Waals surface area contributed by atoms with Gasteiger partial charge in [0.1, 0.15) is 6.67 Å². The molecule has 0 bridgehead atoms. The Morgan fingerprint density at radius 3 is 2.63 bits per heavy atom. The highest BCUT2D eigenvalue weighted by atomic mass is 35.5. The SMILES string of the molecule is COc1ccc([C@@H](CF)N2CCNCC2)cc1O.Cl. The van der Waals surface area contributed by atoms with E-state index in [0.29, 0.717) is 5.75 Å². The van der Waals surface area contributed by atoms with Crippen LogP contribution in [-0.2, 0) is 0 Å². The molecule has 1 aliphatic rings. The standard InChI is InChI=1S/C13H19FN2O2.ClH/c1-18-13-3-2-10(8-12(13)17)11(9-14)16-6-4-15-5-7-16;/h2-3,8,11,15,17H,4-7,9H2,1H3;1H/t11-;/m1./s1. The zero-order valence-electron chi connectivity index (χ0n) is 10.9. The van der Waals surface area contributed by atoms with Crippen LogP contribution in [0.15, 0.2) is 18.2 Å². The second-order valence-electron chi connectivity index (χ2n) is 4.39. The molecule has 19 heavy (non-hydrogen) atoms. The molecule has 0 saturated carbocycles. The average molecular weight is 291 g/mol. The molecular formula is C13H20ClFN2O2. The third-order valence-electron chi connectivity index (χ3n) is 3.33. The van der Waals surface area contributed by atoms with E-state index in [0.717, 1.165) is 31.7 Å². The summed E-state index contributed by atoms with van der Waals surface area (Å²) in [7, 11) is 1.50. The van der Waals surface area contributed by atoms with Gasteiger partial charge in [0.15, 0.2) is 11.5 Å². The third-order valence-corrected chi connectivity index (χ3v) is 3.33. The largest absolute Gasteiger partial charge is 0.504 e. The van der Waals surface area contributed by atoms with E-state index in [1.807, 2.05) is 6.07 Å². The Labute approximate surface area is 119 Å². The monoisotopic (exact) mass is 290 g/mol. The van der Waals surface area contributed by atoms with Gasteiger partial charge in [-0.1, -0.05) is 6.07 Å². The van der Waals surface area contributed by atoms with Crippen LogP contribution in [0.1, 0.15) is 11.6 Å². The number of aromatic hydroxyl groups is 1. The van der Waals surface area contributed by atoms with Crippen molar-refractivity contribution in [3.8, 4) is 11.5 Å². The minimum absolute atomic E-state index is 0. The molecule has 0 amide bonds. The molecule has 0 radical (unpaired) electrons. The highest BCUT2D eigenvalue weighted by molar-refractivity contribution is 5.85. The second kappa shape index (κ2) is 7.53. The van der Waals surface area contributed by atoms with Gasteiger partial charge in [-0.2, -0.15) is 0 Å². The summed E-state index contributed by atoms with van der Waals surface area (Å²) in [6.45, 7) is 2.94. The quantitative estimate of drug-likeness (QED) is 0.887. The van der Waals surface area contributed by atoms with E-state index < -0.39 is 6.67 Å². The fourth-order valence-electron chi connectivity index (χ4n) is 2.31. The number of phenols is 1. The average Bonchev–Trinajstić information content (AvgIpc) is 2.41. The van der Waals surface area contributed by atoms with Crippen molar-refractivity contribution in [3.63, 3.8) is 0 Å². The summed E-state index contributed by atoms with van der Waals surface area (Å²) >= 11 is 0. The molecule has 2 rings (SSSR count). The summed E-state index contributed by atoms with van der Waals surface area (Å²) < 4.78 is 18.3. The van der Waals surface area contributed by atoms with Gasteiger partial charge in [-0.05, 0) is 17.7 Å². The van der Waals surface area contributed by atoms with Gasteiger partial charge < -0.3 is 15.2 Å². The van der Waals surface area contributed by atoms with E-state index in [1.54, 1.807) is 12.1 Å². The van der Waals surface area contributed by atoms with Gasteiger partial charge in [-0.15, -0.1) is 12.4 Å². The van der Waals surface area contributed by atoms with E-state index in [1.165, 1.54) is 7.11 Å². The highest BCUT2D eigenvalue weighted by Crippen LogP contribution is 2.31. The number of nitrogens with one attached hydrogen (secondary N) is 1. The van der Waals surface area contributed by atoms with E-state index in [2.05, 4.69) is 10.2 Å². The number of halogens is 2. The van der Waals surface area contributed by atoms with Crippen molar-refractivity contribution in [2.45, 2.75) is 6.04 Å². The number of ether oxygens (including phenoxy) is 1. The fraction of sp³-hybridized carbons (Fsp3) is 0.538. The predicted molar refractivity (Wildman–Crippen MR) is 75.1 cm³/mol. The minimum atomic E-state index is -0.453. The van der Waals surface area contributed by atoms with Crippen LogP contribution in [0.3, 0.4) is 0 Å². The number of methoxy groups -OCH3 is 1. The van der Waals surface area contributed by atoms with E-state index >= 15 is 0 Å². The zero-order valence-corrected chi connectivity index (χ0v) is 11.8. The molecule has 0 spiro atoms. The number of benzene rings is 1. The number of hydrogen-bond acceptors (Lipinski definition) is 4. The first kappa shape index (κ1) is 16.0. The summed E-state index contributed by atoms with van der Waals surface area (Å²) in [5, 5.41) is 13.0. The maximum Gasteiger partial charge on any atom is 0.160 e. The van der Waals surface area contributed by atoms with E-state index in [4.69, 9.17) is 4.74 Å². The van der Waals surface area contributed by atoms with Crippen molar-refractivity contribution in [2.24, 2.45) is 0 Å². The molecule has 1 fully saturated rings. The van der Waals surface area contributed by atoms with Crippen molar-refractivity contribution in [1.82, 2.24) is 10.2 Å². The summed E-state index contributed by atoms with van der Waals surface area (Å²) in [6.07, 6.45) is 0. The summed E-state index contributed by atoms with van der Waals surface area (Å²) in [4.78, 5) is 2.09. The number of nitrogens with zero attached hydrogens (tertiary/aromatic N) is 1. The molecular weight excluding hydrogens is 271 g/mol. The lowest BCUT2D eigenvalue weighted by atomic mass is 10.0. The molecule has 1 aromatic rings. The van der Waals surface area contributed by atoms with Crippen molar-refractivity contribution < 1.29 is 14.2 Å². The first-order valence-corrected chi connectivity index (χ1v) is 6.14. The molecule has 0 aliphatic carbocycles. The summed E-state index contributed by atoms with van der Waals surface area (Å²) in [6, 6.07) is 4.79. The number of rotatable bonds is 4. The van der Waals surface area contributed by atoms with Gasteiger partial charge in [-0.25, -0.2) is 4.39 Å². The molecule has 1 saturated heterocycles. The lowest BCUT2D eigenvalue weighted by Crippen LogP contribution is -2.45. The number of phenolic OH excluding ortho intramolecular Hbond substituents is 1. The van der Waals surface area contributed by atoms with Gasteiger partial charge in [0, 0.05) is 26.2 Å². The molecule has 6 heteroatoms. The molecule has 4 nitrogen and oxygen atoms in total. The second-order valence-corrected chi connectivity index (χ2v) is 4.39. The first-order valence-electron chi connectivity index (χ1n) is 6.14. The Bertz CT molecular complexity index is 400. The molecule has 0 aromatic heterocycles. The van der Waals surface area contributed by atoms with Crippen LogP contribution in [0.4, 0.5) is 4.39 Å². The van der Waals surface area contributed by atoms with Gasteiger partial charge >= 0.3 is 0 Å². The molecule has 1 aliphatic heterocycles. The number of piperazine rings is 1. The Morgan fingerprint density at radius 1 is 1.42 bits per heavy atom. The van der Waals surface area contributed by atoms with Gasteiger partial charge in [0.2, 0.25) is 0 Å². The number of hydrogen-bond donors (Lipinski definition) is 2. The normalized spacial score (nSPS) is 17.6. The van der Waals surface area contributed by atoms with Crippen LogP contribution in [0.2, 0.25) is 0 Å². The summed E-state index contributed by atoms with van der Waals surface area (Å²) in [5.74, 6) is 0.472. The van der Waals surface area contributed by atoms with E-state index in [9.17, 15) is 9.50 Å². The van der Waals surface area contributed by atoms with Crippen molar-refractivity contribution in [1.29, 1.82) is 0 Å². The Morgan fingerprint density at radius 2 is 2.11 bits per heavy atom. The topological polar surface area (TPSA) is 44.7 Å². The van der Waals surface area contributed by atoms with Crippen LogP contribution < -0.4 is 10.1 Å². The molecule has 1 heterocycles. The van der Waals surface area contributed by atoms with Crippen LogP contribution in [0, 0.1) is 0 Å². The predicted octanol–water partition coefficient (Wildman–Crippen LogP) is 1.74. The smallest absolute Gasteiger partial charge is 0.160 e. The molecule has 0 unspecified atom stereocenters. The van der Waals surface area contributed by atoms with Crippen molar-refractivity contribution in [3.05, 3.63) is 23.8 Å². The zero-order chi connectivity index (χ0) is 13.0. The molecule has 1 atom stereocenters. The van der Waals surface area contributed by atoms with Crippen molar-refractivity contribution in [2.75, 3.05) is 40.0 Å². The van der Waals surface area contributed by atoms with Gasteiger partial charge in [0.25, 0.3) is 0 Å². The van der Waals surface area contributed by atoms with Crippen LogP contribution in [0.25, 0.3) is 0 Å². The molecule has 108 valence electrons. The minimum Gasteiger partial charge on any atom is -0.504 e. The van der Waals surface area contributed by atoms with Crippen molar-refractivity contribution >= 4 is 12.4 Å². The van der Waals surface area contributed by atoms with E-state index in [-0.39, 0.29) is 24.2 Å². The fourth-order valence-corrected chi connectivity index (χ4v) is 2.31. The van der Waals surface area contributed by atoms with Crippen LogP contribution >= 0.6 is 12.4 Å². The first-order chi connectivity index (χ1) is 8.76. The van der Waals surface area contributed by atoms with Gasteiger partial charge in [0.05, 0.1) is 13.2 Å². The van der Waals surface area contributed by atoms with Gasteiger partial charge in [-0.3, -0.25) is 4.90 Å². The van der Waals surface area contributed by atoms with Crippen LogP contribution in [-0.4, -0.2) is 50.0 Å². The maximum absolute atomic E-state index is 13.3. The lowest BCUT2D eigenvalue weighted by Gasteiger charge is -2.33. The number of alkyl halides is 1. The Kier molecular flexibility index (Phi) is 6.34. The maximum atomic E-state index is 13.3. The van der Waals surface area contributed by atoms with Crippen LogP contribution in [0.5, 0.6) is 11.5 Å². The Hall–Kier alpha value is -1.04. The Balaban J connectivity index is 0.00000180. The third kappa shape index (κ3) is 3.72. The summed E-state index contributed by atoms with van der Waals surface area (Å²) in [5.41, 5.74) is 0.790. The highest BCUT2D eigenvalue weighted by Gasteiger charge is 2.22. The molecule has 2 N–H and O–H groups in total. The molecule has 1 aromatic carbocycles.